The number of aliphatic carboxylic acids is 2. The van der Waals surface area contributed by atoms with Crippen molar-refractivity contribution in [3.05, 3.63) is 29.8 Å². The summed E-state index contributed by atoms with van der Waals surface area (Å²) in [5, 5.41) is 27.4. The third-order valence-electron chi connectivity index (χ3n) is 5.33. The minimum atomic E-state index is -1.28. The van der Waals surface area contributed by atoms with Crippen LogP contribution in [0.4, 0.5) is 5.69 Å². The molecule has 1 rings (SSSR count). The van der Waals surface area contributed by atoms with Gasteiger partial charge in [0.25, 0.3) is 0 Å². The summed E-state index contributed by atoms with van der Waals surface area (Å²) in [6.45, 7) is 3.38. The van der Waals surface area contributed by atoms with E-state index in [0.717, 1.165) is 5.56 Å². The maximum absolute atomic E-state index is 12.4. The molecule has 0 spiro atoms. The van der Waals surface area contributed by atoms with Gasteiger partial charge in [-0.05, 0) is 37.0 Å². The van der Waals surface area contributed by atoms with E-state index in [-0.39, 0.29) is 44.4 Å². The van der Waals surface area contributed by atoms with Gasteiger partial charge >= 0.3 is 11.9 Å². The molecule has 0 radical (unpaired) electrons. The molecule has 10 nitrogen and oxygen atoms in total. The number of hydrazone groups is 1. The molecule has 0 saturated heterocycles. The van der Waals surface area contributed by atoms with Crippen molar-refractivity contribution in [2.45, 2.75) is 58.4 Å². The first-order valence-corrected chi connectivity index (χ1v) is 10.1. The Bertz CT molecular complexity index is 803. The molecular weight excluding hydrogens is 404 g/mol. The van der Waals surface area contributed by atoms with Gasteiger partial charge in [0, 0.05) is 31.0 Å². The molecule has 0 aliphatic carbocycles. The minimum absolute atomic E-state index is 0.0142. The van der Waals surface area contributed by atoms with Gasteiger partial charge in [0.05, 0.1) is 11.6 Å². The molecule has 170 valence electrons. The van der Waals surface area contributed by atoms with Gasteiger partial charge in [-0.3, -0.25) is 19.2 Å². The second-order valence-corrected chi connectivity index (χ2v) is 7.17. The van der Waals surface area contributed by atoms with Gasteiger partial charge in [-0.25, -0.2) is 0 Å². The van der Waals surface area contributed by atoms with Crippen molar-refractivity contribution < 1.29 is 29.4 Å². The van der Waals surface area contributed by atoms with E-state index in [2.05, 4.69) is 15.7 Å². The molecule has 1 aromatic rings. The third-order valence-corrected chi connectivity index (χ3v) is 5.33. The number of nitrogens with one attached hydrogen (secondary N) is 2. The number of rotatable bonds is 13. The maximum atomic E-state index is 12.4. The summed E-state index contributed by atoms with van der Waals surface area (Å²) in [4.78, 5) is 47.4. The van der Waals surface area contributed by atoms with Crippen molar-refractivity contribution in [1.82, 2.24) is 5.32 Å². The molecule has 1 atom stereocenters. The average molecular weight is 434 g/mol. The fourth-order valence-corrected chi connectivity index (χ4v) is 3.40. The van der Waals surface area contributed by atoms with Crippen LogP contribution in [0.3, 0.4) is 0 Å². The molecule has 1 unspecified atom stereocenters. The number of benzene rings is 1. The molecule has 6 N–H and O–H groups in total. The van der Waals surface area contributed by atoms with E-state index in [1.807, 2.05) is 0 Å². The lowest BCUT2D eigenvalue weighted by Gasteiger charge is -2.36. The van der Waals surface area contributed by atoms with E-state index in [1.54, 1.807) is 38.1 Å². The quantitative estimate of drug-likeness (QED) is 0.179. The van der Waals surface area contributed by atoms with E-state index in [1.165, 1.54) is 6.21 Å². The number of carbonyl (C=O) groups excluding carboxylic acids is 2. The highest BCUT2D eigenvalue weighted by atomic mass is 16.4. The zero-order valence-electron chi connectivity index (χ0n) is 17.8. The van der Waals surface area contributed by atoms with Gasteiger partial charge in [0.15, 0.2) is 0 Å². The molecular formula is C21H30N4O6. The van der Waals surface area contributed by atoms with E-state index in [9.17, 15) is 24.3 Å². The topological polar surface area (TPSA) is 171 Å². The Hall–Kier alpha value is -3.43. The van der Waals surface area contributed by atoms with Crippen molar-refractivity contribution in [1.29, 1.82) is 0 Å². The zero-order chi connectivity index (χ0) is 23.4. The number of nitrogens with zero attached hydrogens (tertiary/aromatic N) is 1. The number of carboxylic acids is 2. The highest BCUT2D eigenvalue weighted by Crippen LogP contribution is 2.33. The number of hydrogen-bond donors (Lipinski definition) is 5. The molecule has 0 fully saturated rings. The van der Waals surface area contributed by atoms with Crippen LogP contribution in [0.5, 0.6) is 0 Å². The number of carbonyl (C=O) groups is 4. The van der Waals surface area contributed by atoms with Gasteiger partial charge in [0.1, 0.15) is 0 Å². The Kier molecular flexibility index (Phi) is 10.2. The monoisotopic (exact) mass is 434 g/mol. The Morgan fingerprint density at radius 3 is 2.10 bits per heavy atom. The summed E-state index contributed by atoms with van der Waals surface area (Å²) in [5.41, 5.74) is 0.0314. The zero-order valence-corrected chi connectivity index (χ0v) is 17.8. The van der Waals surface area contributed by atoms with Crippen molar-refractivity contribution >= 4 is 35.7 Å². The second kappa shape index (κ2) is 12.3. The summed E-state index contributed by atoms with van der Waals surface area (Å²) in [5.74, 6) is 2.02. The van der Waals surface area contributed by atoms with Crippen LogP contribution >= 0.6 is 0 Å². The summed E-state index contributed by atoms with van der Waals surface area (Å²) < 4.78 is 0. The minimum Gasteiger partial charge on any atom is -0.481 e. The molecule has 2 amide bonds. The van der Waals surface area contributed by atoms with E-state index in [4.69, 9.17) is 10.9 Å². The van der Waals surface area contributed by atoms with Crippen LogP contribution in [0, 0.1) is 5.41 Å². The van der Waals surface area contributed by atoms with Crippen LogP contribution < -0.4 is 16.5 Å². The van der Waals surface area contributed by atoms with Crippen molar-refractivity contribution in [2.24, 2.45) is 16.4 Å². The molecule has 0 aromatic heterocycles. The maximum Gasteiger partial charge on any atom is 0.311 e. The Labute approximate surface area is 180 Å². The first-order chi connectivity index (χ1) is 14.7. The molecule has 0 aliphatic rings. The molecule has 0 heterocycles. The second-order valence-electron chi connectivity index (χ2n) is 7.17. The fraction of sp³-hybridized carbons (Fsp3) is 0.476. The lowest BCUT2D eigenvalue weighted by Crippen LogP contribution is -2.52. The highest BCUT2D eigenvalue weighted by Gasteiger charge is 2.43. The van der Waals surface area contributed by atoms with Gasteiger partial charge < -0.3 is 26.7 Å². The van der Waals surface area contributed by atoms with Crippen LogP contribution in [0.2, 0.25) is 0 Å². The summed E-state index contributed by atoms with van der Waals surface area (Å²) in [6.07, 6.45) is 1.37. The summed E-state index contributed by atoms with van der Waals surface area (Å²) in [6, 6.07) is 5.91. The predicted octanol–water partition coefficient (Wildman–Crippen LogP) is 1.94. The molecule has 31 heavy (non-hydrogen) atoms. The first kappa shape index (κ1) is 25.6. The van der Waals surface area contributed by atoms with Gasteiger partial charge in [-0.15, -0.1) is 0 Å². The Morgan fingerprint density at radius 2 is 1.61 bits per heavy atom. The van der Waals surface area contributed by atoms with Crippen molar-refractivity contribution in [3.8, 4) is 0 Å². The van der Waals surface area contributed by atoms with E-state index in [0.29, 0.717) is 5.69 Å². The van der Waals surface area contributed by atoms with Gasteiger partial charge in [-0.1, -0.05) is 26.0 Å². The highest BCUT2D eigenvalue weighted by molar-refractivity contribution is 5.93. The number of carboxylic acid groups (broad SMARTS) is 2. The number of hydrogen-bond acceptors (Lipinski definition) is 6. The SMILES string of the molecule is CCC(CC)(C(=O)O)C(CCC(=O)O)NC(=O)CCC(=O)Nc1ccc(C=NN)cc1. The number of amides is 2. The first-order valence-electron chi connectivity index (χ1n) is 10.1. The normalized spacial score (nSPS) is 12.3. The number of anilines is 1. The predicted molar refractivity (Wildman–Crippen MR) is 116 cm³/mol. The molecule has 0 aliphatic heterocycles. The molecule has 10 heteroatoms. The van der Waals surface area contributed by atoms with Crippen molar-refractivity contribution in [2.75, 3.05) is 5.32 Å². The van der Waals surface area contributed by atoms with Crippen molar-refractivity contribution in [3.63, 3.8) is 0 Å². The summed E-state index contributed by atoms with van der Waals surface area (Å²) in [7, 11) is 0. The van der Waals surface area contributed by atoms with Gasteiger partial charge in [0.2, 0.25) is 11.8 Å². The largest absolute Gasteiger partial charge is 0.481 e. The Balaban J connectivity index is 2.72. The van der Waals surface area contributed by atoms with E-state index >= 15 is 0 Å². The summed E-state index contributed by atoms with van der Waals surface area (Å²) >= 11 is 0. The third kappa shape index (κ3) is 7.72. The smallest absolute Gasteiger partial charge is 0.311 e. The fourth-order valence-electron chi connectivity index (χ4n) is 3.40. The lowest BCUT2D eigenvalue weighted by atomic mass is 9.73. The average Bonchev–Trinajstić information content (AvgIpc) is 2.73. The molecule has 0 bridgehead atoms. The van der Waals surface area contributed by atoms with Crippen LogP contribution in [0.25, 0.3) is 0 Å². The van der Waals surface area contributed by atoms with E-state index < -0.39 is 29.3 Å². The van der Waals surface area contributed by atoms with Crippen LogP contribution in [-0.2, 0) is 19.2 Å². The van der Waals surface area contributed by atoms with Crippen LogP contribution in [0.1, 0.15) is 57.9 Å². The lowest BCUT2D eigenvalue weighted by molar-refractivity contribution is -0.153. The van der Waals surface area contributed by atoms with Crippen LogP contribution in [0.15, 0.2) is 29.4 Å². The van der Waals surface area contributed by atoms with Gasteiger partial charge in [-0.2, -0.15) is 5.10 Å². The number of nitrogens with two attached hydrogens (primary N) is 1. The van der Waals surface area contributed by atoms with Crippen LogP contribution in [-0.4, -0.2) is 46.2 Å². The standard InChI is InChI=1S/C21H30N4O6/c1-3-21(4-2,20(30)31)16(9-12-19(28)29)25-18(27)11-10-17(26)24-15-7-5-14(6-8-15)13-23-22/h5-8,13,16H,3-4,9-12,22H2,1-2H3,(H,24,26)(H,25,27)(H,28,29)(H,30,31). The Morgan fingerprint density at radius 1 is 1.03 bits per heavy atom. The molecule has 0 saturated carbocycles. The molecule has 1 aromatic carbocycles.